The first-order chi connectivity index (χ1) is 13.2. The lowest BCUT2D eigenvalue weighted by Crippen LogP contribution is -2.51. The zero-order valence-corrected chi connectivity index (χ0v) is 15.6. The van der Waals surface area contributed by atoms with Crippen molar-refractivity contribution >= 4 is 12.0 Å². The van der Waals surface area contributed by atoms with E-state index in [0.29, 0.717) is 19.0 Å². The second-order valence-corrected chi connectivity index (χ2v) is 6.83. The highest BCUT2D eigenvalue weighted by Crippen LogP contribution is 2.16. The second kappa shape index (κ2) is 9.04. The van der Waals surface area contributed by atoms with Gasteiger partial charge in [0, 0.05) is 38.1 Å². The number of benzene rings is 1. The van der Waals surface area contributed by atoms with Crippen molar-refractivity contribution in [1.29, 1.82) is 0 Å². The lowest BCUT2D eigenvalue weighted by atomic mass is 10.1. The smallest absolute Gasteiger partial charge is 0.318 e. The van der Waals surface area contributed by atoms with Crippen molar-refractivity contribution in [2.45, 2.75) is 32.4 Å². The van der Waals surface area contributed by atoms with Gasteiger partial charge < -0.3 is 15.1 Å². The normalized spacial score (nSPS) is 16.4. The number of urea groups is 1. The van der Waals surface area contributed by atoms with Gasteiger partial charge in [-0.05, 0) is 31.4 Å². The van der Waals surface area contributed by atoms with Gasteiger partial charge in [0.25, 0.3) is 0 Å². The number of terminal acetylenes is 1. The lowest BCUT2D eigenvalue weighted by Gasteiger charge is -2.34. The van der Waals surface area contributed by atoms with E-state index in [1.807, 2.05) is 31.2 Å². The molecule has 140 valence electrons. The van der Waals surface area contributed by atoms with Gasteiger partial charge >= 0.3 is 6.03 Å². The fourth-order valence-corrected chi connectivity index (χ4v) is 3.22. The van der Waals surface area contributed by atoms with Gasteiger partial charge in [0.05, 0.1) is 6.54 Å². The Bertz CT molecular complexity index is 784. The molecule has 1 saturated heterocycles. The van der Waals surface area contributed by atoms with E-state index < -0.39 is 0 Å². The zero-order valence-electron chi connectivity index (χ0n) is 15.6. The Balaban J connectivity index is 1.61. The highest BCUT2D eigenvalue weighted by Gasteiger charge is 2.24. The Morgan fingerprint density at radius 3 is 2.78 bits per heavy atom. The van der Waals surface area contributed by atoms with Crippen molar-refractivity contribution in [1.82, 2.24) is 20.2 Å². The van der Waals surface area contributed by atoms with Crippen LogP contribution in [0.1, 0.15) is 24.0 Å². The van der Waals surface area contributed by atoms with E-state index in [4.69, 9.17) is 6.42 Å². The molecule has 1 aromatic carbocycles. The molecule has 0 saturated carbocycles. The Hall–Kier alpha value is -3.07. The quantitative estimate of drug-likeness (QED) is 0.830. The molecule has 1 atom stereocenters. The predicted octanol–water partition coefficient (Wildman–Crippen LogP) is 2.60. The van der Waals surface area contributed by atoms with Gasteiger partial charge in [-0.15, -0.1) is 6.42 Å². The van der Waals surface area contributed by atoms with Crippen LogP contribution >= 0.6 is 0 Å². The number of hydrogen-bond acceptors (Lipinski definition) is 4. The Kier molecular flexibility index (Phi) is 6.26. The highest BCUT2D eigenvalue weighted by molar-refractivity contribution is 5.75. The predicted molar refractivity (Wildman–Crippen MR) is 106 cm³/mol. The van der Waals surface area contributed by atoms with Crippen molar-refractivity contribution in [2.75, 3.05) is 24.5 Å². The molecule has 3 rings (SSSR count). The molecule has 2 heterocycles. The van der Waals surface area contributed by atoms with Gasteiger partial charge in [0.2, 0.25) is 5.95 Å². The molecule has 0 aliphatic carbocycles. The summed E-state index contributed by atoms with van der Waals surface area (Å²) in [6.07, 6.45) is 10.9. The van der Waals surface area contributed by atoms with Gasteiger partial charge in [0.1, 0.15) is 0 Å². The molecule has 1 aliphatic rings. The molecular weight excluding hydrogens is 338 g/mol. The second-order valence-electron chi connectivity index (χ2n) is 6.83. The minimum absolute atomic E-state index is 0.0494. The minimum atomic E-state index is -0.130. The molecule has 27 heavy (non-hydrogen) atoms. The van der Waals surface area contributed by atoms with Gasteiger partial charge in [-0.1, -0.05) is 35.7 Å². The third kappa shape index (κ3) is 5.20. The van der Waals surface area contributed by atoms with E-state index in [2.05, 4.69) is 26.1 Å². The summed E-state index contributed by atoms with van der Waals surface area (Å²) in [5, 5.41) is 3.13. The number of nitrogens with one attached hydrogen (secondary N) is 1. The van der Waals surface area contributed by atoms with Crippen LogP contribution in [0.2, 0.25) is 0 Å². The van der Waals surface area contributed by atoms with Crippen molar-refractivity contribution in [3.63, 3.8) is 0 Å². The molecule has 0 spiro atoms. The highest BCUT2D eigenvalue weighted by atomic mass is 16.2. The molecule has 1 unspecified atom stereocenters. The lowest BCUT2D eigenvalue weighted by molar-refractivity contribution is 0.196. The number of rotatable bonds is 5. The van der Waals surface area contributed by atoms with Crippen LogP contribution in [-0.2, 0) is 6.54 Å². The van der Waals surface area contributed by atoms with E-state index in [-0.39, 0.29) is 18.6 Å². The van der Waals surface area contributed by atoms with E-state index in [9.17, 15) is 4.79 Å². The fourth-order valence-electron chi connectivity index (χ4n) is 3.22. The number of aryl methyl sites for hydroxylation is 1. The molecule has 0 radical (unpaired) electrons. The average molecular weight is 363 g/mol. The number of carbonyl (C=O) groups is 1. The van der Waals surface area contributed by atoms with E-state index >= 15 is 0 Å². The topological polar surface area (TPSA) is 61.4 Å². The summed E-state index contributed by atoms with van der Waals surface area (Å²) < 4.78 is 0. The first kappa shape index (κ1) is 18.7. The summed E-state index contributed by atoms with van der Waals surface area (Å²) in [7, 11) is 0. The minimum Gasteiger partial charge on any atom is -0.339 e. The van der Waals surface area contributed by atoms with Gasteiger partial charge in [-0.2, -0.15) is 0 Å². The molecule has 2 aromatic rings. The van der Waals surface area contributed by atoms with Crippen LogP contribution < -0.4 is 10.2 Å². The monoisotopic (exact) mass is 363 g/mol. The standard InChI is InChI=1S/C21H25N5O/c1-3-13-26(15-18-9-7-17(2)8-10-18)21(27)24-19-6-4-14-25(16-19)20-22-11-5-12-23-20/h1,5,7-12,19H,4,6,13-16H2,2H3,(H,24,27). The summed E-state index contributed by atoms with van der Waals surface area (Å²) in [6, 6.07) is 9.86. The van der Waals surface area contributed by atoms with Crippen molar-refractivity contribution in [2.24, 2.45) is 0 Å². The molecule has 1 N–H and O–H groups in total. The number of anilines is 1. The van der Waals surface area contributed by atoms with Crippen LogP contribution in [0.4, 0.5) is 10.7 Å². The van der Waals surface area contributed by atoms with Gasteiger partial charge in [-0.25, -0.2) is 14.8 Å². The number of aromatic nitrogens is 2. The van der Waals surface area contributed by atoms with Gasteiger partial charge in [0.15, 0.2) is 0 Å². The van der Waals surface area contributed by atoms with Crippen LogP contribution in [0.15, 0.2) is 42.7 Å². The summed E-state index contributed by atoms with van der Waals surface area (Å²) in [4.78, 5) is 25.2. The van der Waals surface area contributed by atoms with E-state index in [1.54, 1.807) is 23.4 Å². The Morgan fingerprint density at radius 2 is 2.07 bits per heavy atom. The summed E-state index contributed by atoms with van der Waals surface area (Å²) in [5.74, 6) is 3.29. The molecule has 1 fully saturated rings. The van der Waals surface area contributed by atoms with E-state index in [0.717, 1.165) is 24.9 Å². The SMILES string of the molecule is C#CCN(Cc1ccc(C)cc1)C(=O)NC1CCCN(c2ncccn2)C1. The number of carbonyl (C=O) groups excluding carboxylic acids is 1. The third-order valence-electron chi connectivity index (χ3n) is 4.65. The number of nitrogens with zero attached hydrogens (tertiary/aromatic N) is 4. The maximum Gasteiger partial charge on any atom is 0.318 e. The molecular formula is C21H25N5O. The van der Waals surface area contributed by atoms with Gasteiger partial charge in [-0.3, -0.25) is 0 Å². The third-order valence-corrected chi connectivity index (χ3v) is 4.65. The van der Waals surface area contributed by atoms with Crippen LogP contribution in [0, 0.1) is 19.3 Å². The van der Waals surface area contributed by atoms with Crippen molar-refractivity contribution in [3.05, 3.63) is 53.9 Å². The molecule has 0 bridgehead atoms. The zero-order chi connectivity index (χ0) is 19.1. The van der Waals surface area contributed by atoms with Crippen LogP contribution in [0.3, 0.4) is 0 Å². The van der Waals surface area contributed by atoms with Crippen LogP contribution in [-0.4, -0.2) is 46.6 Å². The maximum atomic E-state index is 12.8. The van der Waals surface area contributed by atoms with Crippen LogP contribution in [0.25, 0.3) is 0 Å². The largest absolute Gasteiger partial charge is 0.339 e. The molecule has 6 nitrogen and oxygen atoms in total. The first-order valence-corrected chi connectivity index (χ1v) is 9.22. The summed E-state index contributed by atoms with van der Waals surface area (Å²) in [5.41, 5.74) is 2.26. The Labute approximate surface area is 160 Å². The maximum absolute atomic E-state index is 12.8. The number of amides is 2. The molecule has 2 amide bonds. The van der Waals surface area contributed by atoms with Crippen molar-refractivity contribution in [3.8, 4) is 12.3 Å². The number of piperidine rings is 1. The average Bonchev–Trinajstić information content (AvgIpc) is 2.70. The first-order valence-electron chi connectivity index (χ1n) is 9.22. The molecule has 1 aromatic heterocycles. The Morgan fingerprint density at radius 1 is 1.33 bits per heavy atom. The number of hydrogen-bond donors (Lipinski definition) is 1. The van der Waals surface area contributed by atoms with Crippen molar-refractivity contribution < 1.29 is 4.79 Å². The van der Waals surface area contributed by atoms with Crippen LogP contribution in [0.5, 0.6) is 0 Å². The molecule has 1 aliphatic heterocycles. The van der Waals surface area contributed by atoms with E-state index in [1.165, 1.54) is 5.56 Å². The summed E-state index contributed by atoms with van der Waals surface area (Å²) in [6.45, 7) is 4.41. The summed E-state index contributed by atoms with van der Waals surface area (Å²) >= 11 is 0. The molecule has 6 heteroatoms. The fraction of sp³-hybridized carbons (Fsp3) is 0.381.